The Balaban J connectivity index is 0. The Morgan fingerprint density at radius 1 is 0.762 bits per heavy atom. The summed E-state index contributed by atoms with van der Waals surface area (Å²) in [5.41, 5.74) is 0. The Bertz CT molecular complexity index is 216. The summed E-state index contributed by atoms with van der Waals surface area (Å²) >= 11 is 1.47. The molecule has 0 amide bonds. The molecule has 3 nitrogen and oxygen atoms in total. The number of carboxylic acids is 1. The van der Waals surface area contributed by atoms with Gasteiger partial charge in [0.15, 0.2) is 0 Å². The number of aliphatic hydroxyl groups excluding tert-OH is 1. The predicted molar refractivity (Wildman–Crippen MR) is 84.8 cm³/mol. The van der Waals surface area contributed by atoms with Crippen molar-refractivity contribution < 1.29 is 44.6 Å². The summed E-state index contributed by atoms with van der Waals surface area (Å²) in [5.74, 6) is 0.131. The molecule has 0 aromatic rings. The van der Waals surface area contributed by atoms with Gasteiger partial charge in [0.2, 0.25) is 0 Å². The maximum atomic E-state index is 10.2. The van der Waals surface area contributed by atoms with E-state index in [4.69, 9.17) is 5.11 Å². The average Bonchev–Trinajstić information content (AvgIpc) is 2.43. The van der Waals surface area contributed by atoms with Gasteiger partial charge in [-0.1, -0.05) is 64.2 Å². The first-order valence-electron chi connectivity index (χ1n) is 8.16. The molecule has 0 aromatic carbocycles. The summed E-state index contributed by atoms with van der Waals surface area (Å²) in [6.45, 7) is 0.339. The van der Waals surface area contributed by atoms with E-state index in [-0.39, 0.29) is 35.3 Å². The number of rotatable bonds is 16. The number of carbonyl (C=O) groups is 1. The van der Waals surface area contributed by atoms with Crippen molar-refractivity contribution in [2.75, 3.05) is 18.1 Å². The molecule has 0 saturated heterocycles. The number of carbonyl (C=O) groups excluding carboxylic acids is 1. The molecule has 21 heavy (non-hydrogen) atoms. The molecule has 0 aliphatic carbocycles. The van der Waals surface area contributed by atoms with Crippen LogP contribution in [0.4, 0.5) is 0 Å². The number of thioether (sulfide) groups is 1. The summed E-state index contributed by atoms with van der Waals surface area (Å²) in [6.07, 6.45) is 15.0. The van der Waals surface area contributed by atoms with Crippen molar-refractivity contribution in [2.45, 2.75) is 77.0 Å². The van der Waals surface area contributed by atoms with Crippen LogP contribution in [-0.4, -0.2) is 29.2 Å². The van der Waals surface area contributed by atoms with Crippen LogP contribution >= 0.6 is 11.8 Å². The minimum Gasteiger partial charge on any atom is -0.549 e. The van der Waals surface area contributed by atoms with Crippen molar-refractivity contribution in [3.05, 3.63) is 0 Å². The zero-order valence-electron chi connectivity index (χ0n) is 13.8. The Labute approximate surface area is 156 Å². The SMILES string of the molecule is O=C([O-])CSCCCCCCCCCCCCCCO.[Na+]. The van der Waals surface area contributed by atoms with Crippen LogP contribution < -0.4 is 34.7 Å². The summed E-state index contributed by atoms with van der Waals surface area (Å²) < 4.78 is 0. The van der Waals surface area contributed by atoms with Gasteiger partial charge in [-0.05, 0) is 18.6 Å². The van der Waals surface area contributed by atoms with Crippen molar-refractivity contribution in [3.8, 4) is 0 Å². The van der Waals surface area contributed by atoms with Crippen LogP contribution in [0.1, 0.15) is 77.0 Å². The third-order valence-corrected chi connectivity index (χ3v) is 4.43. The van der Waals surface area contributed by atoms with E-state index >= 15 is 0 Å². The van der Waals surface area contributed by atoms with Gasteiger partial charge in [-0.3, -0.25) is 0 Å². The van der Waals surface area contributed by atoms with E-state index < -0.39 is 5.97 Å². The molecule has 120 valence electrons. The van der Waals surface area contributed by atoms with Crippen molar-refractivity contribution in [1.82, 2.24) is 0 Å². The maximum absolute atomic E-state index is 10.2. The largest absolute Gasteiger partial charge is 1.00 e. The summed E-state index contributed by atoms with van der Waals surface area (Å²) in [6, 6.07) is 0. The van der Waals surface area contributed by atoms with Gasteiger partial charge in [0.1, 0.15) is 0 Å². The molecule has 0 heterocycles. The fourth-order valence-corrected chi connectivity index (χ4v) is 2.96. The van der Waals surface area contributed by atoms with Crippen molar-refractivity contribution >= 4 is 17.7 Å². The Kier molecular flexibility index (Phi) is 23.8. The molecule has 0 unspecified atom stereocenters. The molecule has 0 spiro atoms. The topological polar surface area (TPSA) is 60.4 Å². The van der Waals surface area contributed by atoms with E-state index in [1.54, 1.807) is 0 Å². The molecule has 0 aliphatic heterocycles. The Morgan fingerprint density at radius 3 is 1.52 bits per heavy atom. The van der Waals surface area contributed by atoms with Crippen LogP contribution in [0, 0.1) is 0 Å². The molecule has 1 N–H and O–H groups in total. The standard InChI is InChI=1S/C16H32O3S.Na/c17-13-11-9-7-5-3-1-2-4-6-8-10-12-14-20-15-16(18)19;/h17H,1-15H2,(H,18,19);/q;+1/p-1. The fraction of sp³-hybridized carbons (Fsp3) is 0.938. The number of hydrogen-bond donors (Lipinski definition) is 1. The first kappa shape index (κ1) is 24.0. The summed E-state index contributed by atoms with van der Waals surface area (Å²) in [7, 11) is 0. The van der Waals surface area contributed by atoms with Crippen LogP contribution in [0.5, 0.6) is 0 Å². The molecule has 5 heteroatoms. The van der Waals surface area contributed by atoms with E-state index in [0.29, 0.717) is 6.61 Å². The molecule has 0 rings (SSSR count). The smallest absolute Gasteiger partial charge is 0.549 e. The predicted octanol–water partition coefficient (Wildman–Crippen LogP) is 0.147. The van der Waals surface area contributed by atoms with Crippen LogP contribution in [0.2, 0.25) is 0 Å². The molecule has 0 aromatic heterocycles. The quantitative estimate of drug-likeness (QED) is 0.324. The Morgan fingerprint density at radius 2 is 1.14 bits per heavy atom. The first-order chi connectivity index (χ1) is 9.77. The van der Waals surface area contributed by atoms with E-state index in [9.17, 15) is 9.90 Å². The molecule has 0 atom stereocenters. The van der Waals surface area contributed by atoms with Gasteiger partial charge in [-0.25, -0.2) is 0 Å². The second-order valence-corrected chi connectivity index (χ2v) is 6.50. The second kappa shape index (κ2) is 20.8. The molecule has 0 aliphatic rings. The fourth-order valence-electron chi connectivity index (χ4n) is 2.24. The van der Waals surface area contributed by atoms with Crippen LogP contribution in [0.15, 0.2) is 0 Å². The zero-order valence-corrected chi connectivity index (χ0v) is 16.6. The Hall–Kier alpha value is 0.780. The molecule has 0 radical (unpaired) electrons. The first-order valence-corrected chi connectivity index (χ1v) is 9.31. The normalized spacial score (nSPS) is 10.3. The van der Waals surface area contributed by atoms with E-state index in [0.717, 1.165) is 18.6 Å². The average molecular weight is 326 g/mol. The van der Waals surface area contributed by atoms with Gasteiger partial charge in [0, 0.05) is 12.4 Å². The zero-order chi connectivity index (χ0) is 14.9. The minimum atomic E-state index is -0.952. The number of aliphatic hydroxyl groups is 1. The van der Waals surface area contributed by atoms with Crippen molar-refractivity contribution in [3.63, 3.8) is 0 Å². The minimum absolute atomic E-state index is 0. The molecular formula is C16H31NaO3S. The number of aliphatic carboxylic acids is 1. The van der Waals surface area contributed by atoms with Gasteiger partial charge < -0.3 is 15.0 Å². The summed E-state index contributed by atoms with van der Waals surface area (Å²) in [5, 5.41) is 18.8. The van der Waals surface area contributed by atoms with Gasteiger partial charge in [0.05, 0.1) is 5.97 Å². The number of unbranched alkanes of at least 4 members (excludes halogenated alkanes) is 11. The third kappa shape index (κ3) is 23.2. The summed E-state index contributed by atoms with van der Waals surface area (Å²) in [4.78, 5) is 10.2. The number of hydrogen-bond acceptors (Lipinski definition) is 4. The maximum Gasteiger partial charge on any atom is 1.00 e. The van der Waals surface area contributed by atoms with Crippen molar-refractivity contribution in [1.29, 1.82) is 0 Å². The second-order valence-electron chi connectivity index (χ2n) is 5.39. The molecule has 0 bridgehead atoms. The van der Waals surface area contributed by atoms with Crippen LogP contribution in [0.3, 0.4) is 0 Å². The van der Waals surface area contributed by atoms with Gasteiger partial charge in [0.25, 0.3) is 0 Å². The van der Waals surface area contributed by atoms with E-state index in [2.05, 4.69) is 0 Å². The number of carboxylic acid groups (broad SMARTS) is 1. The monoisotopic (exact) mass is 326 g/mol. The third-order valence-electron chi connectivity index (χ3n) is 3.42. The van der Waals surface area contributed by atoms with Gasteiger partial charge >= 0.3 is 29.6 Å². The molecule has 0 saturated carbocycles. The van der Waals surface area contributed by atoms with Crippen LogP contribution in [-0.2, 0) is 4.79 Å². The van der Waals surface area contributed by atoms with Gasteiger partial charge in [-0.15, -0.1) is 0 Å². The van der Waals surface area contributed by atoms with Crippen molar-refractivity contribution in [2.24, 2.45) is 0 Å². The van der Waals surface area contributed by atoms with E-state index in [1.165, 1.54) is 76.0 Å². The van der Waals surface area contributed by atoms with E-state index in [1.807, 2.05) is 0 Å². The van der Waals surface area contributed by atoms with Crippen LogP contribution in [0.25, 0.3) is 0 Å². The molecular weight excluding hydrogens is 295 g/mol. The molecule has 0 fully saturated rings. The van der Waals surface area contributed by atoms with Gasteiger partial charge in [-0.2, -0.15) is 11.8 Å².